The molecule has 1 saturated carbocycles. The van der Waals surface area contributed by atoms with Gasteiger partial charge in [0.2, 0.25) is 0 Å². The Morgan fingerprint density at radius 2 is 2.15 bits per heavy atom. The van der Waals surface area contributed by atoms with Crippen molar-refractivity contribution in [3.05, 3.63) is 0 Å². The van der Waals surface area contributed by atoms with E-state index >= 15 is 0 Å². The van der Waals surface area contributed by atoms with Crippen LogP contribution in [0.25, 0.3) is 0 Å². The van der Waals surface area contributed by atoms with Gasteiger partial charge in [-0.2, -0.15) is 13.5 Å². The van der Waals surface area contributed by atoms with Crippen molar-refractivity contribution in [2.24, 2.45) is 5.41 Å². The molecule has 0 radical (unpaired) electrons. The highest BCUT2D eigenvalue weighted by Crippen LogP contribution is 2.59. The van der Waals surface area contributed by atoms with Crippen molar-refractivity contribution in [3.63, 3.8) is 0 Å². The molecule has 1 spiro atoms. The van der Waals surface area contributed by atoms with Crippen molar-refractivity contribution in [1.82, 2.24) is 20.8 Å². The van der Waals surface area contributed by atoms with Gasteiger partial charge in [0.1, 0.15) is 6.04 Å². The average Bonchev–Trinajstić information content (AvgIpc) is 3.31. The number of hydroxylamine groups is 3. The first kappa shape index (κ1) is 17.9. The van der Waals surface area contributed by atoms with Crippen LogP contribution in [0.2, 0.25) is 0 Å². The summed E-state index contributed by atoms with van der Waals surface area (Å²) in [6, 6.07) is -1.99. The second-order valence-corrected chi connectivity index (χ2v) is 8.42. The molecule has 0 aromatic rings. The molecule has 4 rings (SSSR count). The number of amides is 3. The minimum Gasteiger partial charge on any atom is -0.314 e. The van der Waals surface area contributed by atoms with Crippen molar-refractivity contribution >= 4 is 22.3 Å². The van der Waals surface area contributed by atoms with Crippen molar-refractivity contribution in [2.45, 2.75) is 50.3 Å². The van der Waals surface area contributed by atoms with Gasteiger partial charge in [0, 0.05) is 13.1 Å². The fourth-order valence-corrected chi connectivity index (χ4v) is 4.55. The molecule has 12 heteroatoms. The molecular weight excluding hydrogens is 368 g/mol. The van der Waals surface area contributed by atoms with Gasteiger partial charge in [0.05, 0.1) is 12.1 Å². The number of piperidine rings is 2. The van der Waals surface area contributed by atoms with E-state index in [-0.39, 0.29) is 18.1 Å². The number of rotatable bonds is 5. The minimum absolute atomic E-state index is 0.118. The standard InChI is InChI=1S/C14H22N4O7S/c19-12(16-24-9-2-1-5-15-7-9)10-6-14(3-4-14)11-8-17(10)13(20)18(11)25-26(21,22)23/h9-11,15H,1-8H2,(H,16,19)(H,21,22,23). The Kier molecular flexibility index (Phi) is 4.34. The van der Waals surface area contributed by atoms with Crippen LogP contribution in [0.1, 0.15) is 32.1 Å². The summed E-state index contributed by atoms with van der Waals surface area (Å²) in [6.45, 7) is 1.75. The fourth-order valence-electron chi connectivity index (χ4n) is 4.18. The predicted molar refractivity (Wildman–Crippen MR) is 85.6 cm³/mol. The van der Waals surface area contributed by atoms with E-state index in [1.807, 2.05) is 0 Å². The Hall–Kier alpha value is -1.47. The highest BCUT2D eigenvalue weighted by molar-refractivity contribution is 7.80. The molecule has 4 fully saturated rings. The Morgan fingerprint density at radius 3 is 2.77 bits per heavy atom. The summed E-state index contributed by atoms with van der Waals surface area (Å²) in [7, 11) is -4.82. The predicted octanol–water partition coefficient (Wildman–Crippen LogP) is -0.821. The molecule has 1 aliphatic carbocycles. The molecule has 4 aliphatic rings. The first-order valence-electron chi connectivity index (χ1n) is 8.72. The van der Waals surface area contributed by atoms with E-state index in [2.05, 4.69) is 15.1 Å². The zero-order valence-electron chi connectivity index (χ0n) is 14.1. The lowest BCUT2D eigenvalue weighted by Crippen LogP contribution is -2.53. The fraction of sp³-hybridized carbons (Fsp3) is 0.857. The number of carbonyl (C=O) groups is 2. The van der Waals surface area contributed by atoms with Crippen molar-refractivity contribution in [2.75, 3.05) is 19.6 Å². The molecule has 3 aliphatic heterocycles. The maximum absolute atomic E-state index is 12.6. The van der Waals surface area contributed by atoms with Crippen LogP contribution in [0.5, 0.6) is 0 Å². The lowest BCUT2D eigenvalue weighted by Gasteiger charge is -2.35. The van der Waals surface area contributed by atoms with Gasteiger partial charge < -0.3 is 10.2 Å². The Bertz CT molecular complexity index is 704. The average molecular weight is 390 g/mol. The quantitative estimate of drug-likeness (QED) is 0.409. The maximum Gasteiger partial charge on any atom is 0.418 e. The number of hydrogen-bond donors (Lipinski definition) is 3. The molecule has 3 unspecified atom stereocenters. The van der Waals surface area contributed by atoms with E-state index < -0.39 is 34.4 Å². The number of carbonyl (C=O) groups excluding carboxylic acids is 2. The number of fused-ring (bicyclic) bond motifs is 3. The van der Waals surface area contributed by atoms with Gasteiger partial charge in [-0.05, 0) is 44.1 Å². The van der Waals surface area contributed by atoms with Gasteiger partial charge in [0.15, 0.2) is 0 Å². The highest BCUT2D eigenvalue weighted by Gasteiger charge is 2.65. The van der Waals surface area contributed by atoms with E-state index in [9.17, 15) is 18.0 Å². The van der Waals surface area contributed by atoms with Crippen LogP contribution in [0.15, 0.2) is 0 Å². The zero-order chi connectivity index (χ0) is 18.5. The molecule has 3 atom stereocenters. The molecular formula is C14H22N4O7S. The van der Waals surface area contributed by atoms with Gasteiger partial charge >= 0.3 is 16.4 Å². The molecule has 11 nitrogen and oxygen atoms in total. The first-order valence-corrected chi connectivity index (χ1v) is 10.1. The number of hydrogen-bond acceptors (Lipinski definition) is 7. The van der Waals surface area contributed by atoms with Crippen LogP contribution in [-0.2, 0) is 24.3 Å². The molecule has 3 saturated heterocycles. The van der Waals surface area contributed by atoms with Gasteiger partial charge in [0.25, 0.3) is 5.91 Å². The molecule has 3 heterocycles. The van der Waals surface area contributed by atoms with E-state index in [1.54, 1.807) is 0 Å². The monoisotopic (exact) mass is 390 g/mol. The number of nitrogens with zero attached hydrogens (tertiary/aromatic N) is 2. The largest absolute Gasteiger partial charge is 0.418 e. The maximum atomic E-state index is 12.6. The summed E-state index contributed by atoms with van der Waals surface area (Å²) < 4.78 is 35.5. The molecule has 3 amide bonds. The summed E-state index contributed by atoms with van der Waals surface area (Å²) in [5.41, 5.74) is 2.09. The van der Waals surface area contributed by atoms with E-state index in [1.165, 1.54) is 4.90 Å². The Morgan fingerprint density at radius 1 is 1.38 bits per heavy atom. The molecule has 0 aromatic heterocycles. The minimum atomic E-state index is -4.82. The Balaban J connectivity index is 1.45. The lowest BCUT2D eigenvalue weighted by atomic mass is 9.85. The second kappa shape index (κ2) is 6.30. The molecule has 3 N–H and O–H groups in total. The summed E-state index contributed by atoms with van der Waals surface area (Å²) >= 11 is 0. The van der Waals surface area contributed by atoms with Crippen LogP contribution in [0, 0.1) is 5.41 Å². The summed E-state index contributed by atoms with van der Waals surface area (Å²) in [5.74, 6) is -0.428. The van der Waals surface area contributed by atoms with Gasteiger partial charge in [-0.1, -0.05) is 0 Å². The summed E-state index contributed by atoms with van der Waals surface area (Å²) in [5, 5.41) is 3.87. The van der Waals surface area contributed by atoms with Crippen LogP contribution in [0.4, 0.5) is 4.79 Å². The third-order valence-corrected chi connectivity index (χ3v) is 6.07. The molecule has 0 aromatic carbocycles. The zero-order valence-corrected chi connectivity index (χ0v) is 14.9. The lowest BCUT2D eigenvalue weighted by molar-refractivity contribution is -0.145. The van der Waals surface area contributed by atoms with Gasteiger partial charge in [-0.25, -0.2) is 10.3 Å². The SMILES string of the molecule is O=C(NOC1CCCNC1)C1CC2(CC2)C2CN1C(=O)N2OS(=O)(=O)O. The summed E-state index contributed by atoms with van der Waals surface area (Å²) in [6.07, 6.45) is 3.62. The van der Waals surface area contributed by atoms with E-state index in [0.717, 1.165) is 32.2 Å². The van der Waals surface area contributed by atoms with Gasteiger partial charge in [-0.15, -0.1) is 4.28 Å². The third kappa shape index (κ3) is 3.27. The van der Waals surface area contributed by atoms with Crippen LogP contribution < -0.4 is 10.8 Å². The van der Waals surface area contributed by atoms with Crippen molar-refractivity contribution in [3.8, 4) is 0 Å². The van der Waals surface area contributed by atoms with Gasteiger partial charge in [-0.3, -0.25) is 14.2 Å². The van der Waals surface area contributed by atoms with Crippen LogP contribution in [0.3, 0.4) is 0 Å². The first-order chi connectivity index (χ1) is 12.3. The molecule has 2 bridgehead atoms. The Labute approximate surface area is 150 Å². The number of urea groups is 1. The normalized spacial score (nSPS) is 32.8. The number of nitrogens with one attached hydrogen (secondary N) is 2. The van der Waals surface area contributed by atoms with Crippen LogP contribution in [-0.4, -0.2) is 72.7 Å². The topological polar surface area (TPSA) is 138 Å². The summed E-state index contributed by atoms with van der Waals surface area (Å²) in [4.78, 5) is 31.9. The van der Waals surface area contributed by atoms with E-state index in [0.29, 0.717) is 18.0 Å². The van der Waals surface area contributed by atoms with Crippen molar-refractivity contribution in [1.29, 1.82) is 0 Å². The molecule has 146 valence electrons. The highest BCUT2D eigenvalue weighted by atomic mass is 32.3. The third-order valence-electron chi connectivity index (χ3n) is 5.72. The van der Waals surface area contributed by atoms with E-state index in [4.69, 9.17) is 9.39 Å². The second-order valence-electron chi connectivity index (χ2n) is 7.41. The van der Waals surface area contributed by atoms with Crippen LogP contribution >= 0.6 is 0 Å². The molecule has 26 heavy (non-hydrogen) atoms. The smallest absolute Gasteiger partial charge is 0.314 e. The van der Waals surface area contributed by atoms with Crippen molar-refractivity contribution < 1.29 is 31.7 Å².